The normalized spacial score (nSPS) is 11.4. The number of nitrogens with zero attached hydrogens (tertiary/aromatic N) is 2. The van der Waals surface area contributed by atoms with Crippen molar-refractivity contribution in [1.82, 2.24) is 9.97 Å². The van der Waals surface area contributed by atoms with Gasteiger partial charge in [-0.3, -0.25) is 0 Å². The summed E-state index contributed by atoms with van der Waals surface area (Å²) in [5.74, 6) is 0.527. The molecule has 0 aliphatic carbocycles. The summed E-state index contributed by atoms with van der Waals surface area (Å²) in [5, 5.41) is 0.599. The molecule has 19 heavy (non-hydrogen) atoms. The third-order valence-electron chi connectivity index (χ3n) is 2.51. The summed E-state index contributed by atoms with van der Waals surface area (Å²) in [4.78, 5) is 8.45. The summed E-state index contributed by atoms with van der Waals surface area (Å²) in [6, 6.07) is 8.64. The lowest BCUT2D eigenvalue weighted by molar-refractivity contribution is 0.597. The van der Waals surface area contributed by atoms with Gasteiger partial charge in [-0.1, -0.05) is 29.5 Å². The number of thioether (sulfide) groups is 1. The third-order valence-corrected chi connectivity index (χ3v) is 5.37. The van der Waals surface area contributed by atoms with Gasteiger partial charge < -0.3 is 0 Å². The van der Waals surface area contributed by atoms with Gasteiger partial charge in [-0.05, 0) is 25.1 Å². The quantitative estimate of drug-likeness (QED) is 0.626. The van der Waals surface area contributed by atoms with Crippen LogP contribution in [0.3, 0.4) is 0 Å². The van der Waals surface area contributed by atoms with Crippen molar-refractivity contribution in [2.24, 2.45) is 0 Å². The second-order valence-corrected chi connectivity index (χ2v) is 7.18. The van der Waals surface area contributed by atoms with Crippen LogP contribution < -0.4 is 0 Å². The van der Waals surface area contributed by atoms with E-state index in [-0.39, 0.29) is 5.75 Å². The fraction of sp³-hybridized carbons (Fsp3) is 0.231. The molecule has 1 heterocycles. The van der Waals surface area contributed by atoms with Gasteiger partial charge in [0.25, 0.3) is 0 Å². The topological polar surface area (TPSA) is 59.9 Å². The largest absolute Gasteiger partial charge is 0.231 e. The van der Waals surface area contributed by atoms with Gasteiger partial charge in [0, 0.05) is 18.1 Å². The third kappa shape index (κ3) is 4.04. The molecule has 0 amide bonds. The van der Waals surface area contributed by atoms with Gasteiger partial charge in [-0.2, -0.15) is 0 Å². The maximum absolute atomic E-state index is 12.1. The highest BCUT2D eigenvalue weighted by atomic mass is 32.2. The Morgan fingerprint density at radius 2 is 1.74 bits per heavy atom. The van der Waals surface area contributed by atoms with Gasteiger partial charge in [0.15, 0.2) is 15.0 Å². The molecule has 0 radical (unpaired) electrons. The Bertz CT molecular complexity index is 625. The Hall–Kier alpha value is -1.40. The molecule has 0 saturated carbocycles. The zero-order valence-corrected chi connectivity index (χ0v) is 12.1. The van der Waals surface area contributed by atoms with Crippen molar-refractivity contribution in [3.8, 4) is 0 Å². The van der Waals surface area contributed by atoms with Crippen LogP contribution in [-0.2, 0) is 9.84 Å². The van der Waals surface area contributed by atoms with E-state index in [1.54, 1.807) is 42.7 Å². The molecule has 100 valence electrons. The fourth-order valence-corrected chi connectivity index (χ4v) is 3.92. The Kier molecular flexibility index (Phi) is 4.55. The summed E-state index contributed by atoms with van der Waals surface area (Å²) in [6.07, 6.45) is 3.29. The lowest BCUT2D eigenvalue weighted by Crippen LogP contribution is -2.09. The molecule has 4 nitrogen and oxygen atoms in total. The molecule has 2 aromatic rings. The molecule has 0 fully saturated rings. The molecule has 0 spiro atoms. The number of rotatable bonds is 5. The first-order valence-corrected chi connectivity index (χ1v) is 8.41. The van der Waals surface area contributed by atoms with Crippen LogP contribution in [0.1, 0.15) is 5.56 Å². The van der Waals surface area contributed by atoms with Crippen LogP contribution in [0.4, 0.5) is 0 Å². The van der Waals surface area contributed by atoms with Gasteiger partial charge in [0.1, 0.15) is 0 Å². The monoisotopic (exact) mass is 294 g/mol. The van der Waals surface area contributed by atoms with Crippen molar-refractivity contribution in [3.63, 3.8) is 0 Å². The lowest BCUT2D eigenvalue weighted by Gasteiger charge is -2.04. The van der Waals surface area contributed by atoms with Crippen molar-refractivity contribution in [3.05, 3.63) is 48.3 Å². The fourth-order valence-electron chi connectivity index (χ4n) is 1.47. The predicted molar refractivity (Wildman–Crippen MR) is 76.0 cm³/mol. The SMILES string of the molecule is Cc1ccc(S(=O)(=O)CCSc2ncccn2)cc1. The zero-order valence-electron chi connectivity index (χ0n) is 10.5. The van der Waals surface area contributed by atoms with Crippen molar-refractivity contribution in [2.45, 2.75) is 17.0 Å². The standard InChI is InChI=1S/C13H14N2O2S2/c1-11-3-5-12(6-4-11)19(16,17)10-9-18-13-14-7-2-8-15-13/h2-8H,9-10H2,1H3. The highest BCUT2D eigenvalue weighted by Crippen LogP contribution is 2.16. The number of aromatic nitrogens is 2. The molecule has 1 aromatic carbocycles. The van der Waals surface area contributed by atoms with Crippen LogP contribution in [0.25, 0.3) is 0 Å². The lowest BCUT2D eigenvalue weighted by atomic mass is 10.2. The minimum Gasteiger partial charge on any atom is -0.231 e. The first kappa shape index (κ1) is 14.0. The Balaban J connectivity index is 1.97. The summed E-state index contributed by atoms with van der Waals surface area (Å²) in [7, 11) is -3.22. The highest BCUT2D eigenvalue weighted by molar-refractivity contribution is 8.00. The van der Waals surface area contributed by atoms with Gasteiger partial charge in [0.05, 0.1) is 10.6 Å². The van der Waals surface area contributed by atoms with E-state index in [1.165, 1.54) is 11.8 Å². The Morgan fingerprint density at radius 1 is 1.11 bits per heavy atom. The van der Waals surface area contributed by atoms with Crippen LogP contribution in [0.15, 0.2) is 52.8 Å². The second-order valence-electron chi connectivity index (χ2n) is 4.01. The second kappa shape index (κ2) is 6.16. The molecule has 0 bridgehead atoms. The van der Waals surface area contributed by atoms with Crippen LogP contribution >= 0.6 is 11.8 Å². The van der Waals surface area contributed by atoms with E-state index in [0.29, 0.717) is 15.8 Å². The van der Waals surface area contributed by atoms with E-state index in [9.17, 15) is 8.42 Å². The van der Waals surface area contributed by atoms with E-state index in [2.05, 4.69) is 9.97 Å². The summed E-state index contributed by atoms with van der Waals surface area (Å²) in [5.41, 5.74) is 1.05. The number of hydrogen-bond acceptors (Lipinski definition) is 5. The number of sulfone groups is 1. The minimum absolute atomic E-state index is 0.0823. The molecule has 0 aliphatic rings. The van der Waals surface area contributed by atoms with Crippen LogP contribution in [0.5, 0.6) is 0 Å². The van der Waals surface area contributed by atoms with Crippen LogP contribution in [0, 0.1) is 6.92 Å². The highest BCUT2D eigenvalue weighted by Gasteiger charge is 2.14. The van der Waals surface area contributed by atoms with Crippen molar-refractivity contribution >= 4 is 21.6 Å². The molecule has 2 rings (SSSR count). The van der Waals surface area contributed by atoms with E-state index in [1.807, 2.05) is 6.92 Å². The number of hydrogen-bond donors (Lipinski definition) is 0. The van der Waals surface area contributed by atoms with Crippen LogP contribution in [-0.4, -0.2) is 29.9 Å². The van der Waals surface area contributed by atoms with Crippen LogP contribution in [0.2, 0.25) is 0 Å². The Labute approximate surface area is 117 Å². The van der Waals surface area contributed by atoms with Gasteiger partial charge in [-0.15, -0.1) is 0 Å². The summed E-state index contributed by atoms with van der Waals surface area (Å²) in [6.45, 7) is 1.93. The maximum Gasteiger partial charge on any atom is 0.187 e. The van der Waals surface area contributed by atoms with Crippen molar-refractivity contribution < 1.29 is 8.42 Å². The summed E-state index contributed by atoms with van der Waals surface area (Å²) < 4.78 is 24.2. The Morgan fingerprint density at radius 3 is 2.37 bits per heavy atom. The molecule has 0 unspecified atom stereocenters. The molecular formula is C13H14N2O2S2. The van der Waals surface area contributed by atoms with Crippen molar-refractivity contribution in [2.75, 3.05) is 11.5 Å². The smallest absolute Gasteiger partial charge is 0.187 e. The van der Waals surface area contributed by atoms with E-state index in [4.69, 9.17) is 0 Å². The number of aryl methyl sites for hydroxylation is 1. The molecule has 0 aliphatic heterocycles. The molecular weight excluding hydrogens is 280 g/mol. The van der Waals surface area contributed by atoms with E-state index >= 15 is 0 Å². The van der Waals surface area contributed by atoms with Crippen molar-refractivity contribution in [1.29, 1.82) is 0 Å². The van der Waals surface area contributed by atoms with Gasteiger partial charge in [0.2, 0.25) is 0 Å². The predicted octanol–water partition coefficient (Wildman–Crippen LogP) is 2.35. The minimum atomic E-state index is -3.22. The average Bonchev–Trinajstić information content (AvgIpc) is 2.40. The van der Waals surface area contributed by atoms with E-state index < -0.39 is 9.84 Å². The first-order valence-electron chi connectivity index (χ1n) is 5.77. The molecule has 0 saturated heterocycles. The average molecular weight is 294 g/mol. The molecule has 0 atom stereocenters. The van der Waals surface area contributed by atoms with Gasteiger partial charge >= 0.3 is 0 Å². The van der Waals surface area contributed by atoms with E-state index in [0.717, 1.165) is 5.56 Å². The molecule has 1 aromatic heterocycles. The molecule has 0 N–H and O–H groups in total. The molecule has 6 heteroatoms. The first-order chi connectivity index (χ1) is 9.08. The zero-order chi connectivity index (χ0) is 13.7. The summed E-state index contributed by atoms with van der Waals surface area (Å²) >= 11 is 1.34. The number of benzene rings is 1. The van der Waals surface area contributed by atoms with Gasteiger partial charge in [-0.25, -0.2) is 18.4 Å². The maximum atomic E-state index is 12.1.